The first-order valence-corrected chi connectivity index (χ1v) is 9.55. The molecule has 4 rings (SSSR count). The minimum Gasteiger partial charge on any atom is -0.463 e. The number of β-amino-alcohol motifs (C(OH)–C–C–N with tert-alkyl or cyclic N) is 1. The van der Waals surface area contributed by atoms with Crippen LogP contribution in [0.15, 0.2) is 22.8 Å². The number of piperidine rings is 1. The van der Waals surface area contributed by atoms with E-state index >= 15 is 0 Å². The summed E-state index contributed by atoms with van der Waals surface area (Å²) in [6.45, 7) is 6.47. The molecule has 0 bridgehead atoms. The number of aliphatic hydroxyl groups is 1. The van der Waals surface area contributed by atoms with Gasteiger partial charge in [0.2, 0.25) is 0 Å². The number of benzene rings is 1. The summed E-state index contributed by atoms with van der Waals surface area (Å²) in [6.07, 6.45) is 2.94. The van der Waals surface area contributed by atoms with Gasteiger partial charge < -0.3 is 15.3 Å². The Morgan fingerprint density at radius 3 is 2.77 bits per heavy atom. The second-order valence-corrected chi connectivity index (χ2v) is 8.85. The zero-order chi connectivity index (χ0) is 18.6. The van der Waals surface area contributed by atoms with Gasteiger partial charge in [0, 0.05) is 31.4 Å². The number of carbonyl (C=O) groups is 1. The first kappa shape index (κ1) is 17.8. The van der Waals surface area contributed by atoms with Crippen LogP contribution in [0.3, 0.4) is 0 Å². The Balaban J connectivity index is 1.36. The number of hydrogen-bond acceptors (Lipinski definition) is 5. The Labute approximate surface area is 158 Å². The van der Waals surface area contributed by atoms with Gasteiger partial charge >= 0.3 is 0 Å². The van der Waals surface area contributed by atoms with Crippen molar-refractivity contribution < 1.29 is 14.3 Å². The second-order valence-electron chi connectivity index (χ2n) is 8.44. The molecule has 2 heterocycles. The monoisotopic (exact) mass is 376 g/mol. The van der Waals surface area contributed by atoms with Crippen molar-refractivity contribution in [2.24, 2.45) is 17.8 Å². The Morgan fingerprint density at radius 1 is 1.42 bits per heavy atom. The molecule has 1 aliphatic heterocycles. The van der Waals surface area contributed by atoms with E-state index in [4.69, 9.17) is 21.8 Å². The van der Waals surface area contributed by atoms with Crippen LogP contribution in [0.2, 0.25) is 5.02 Å². The Morgan fingerprint density at radius 2 is 2.12 bits per heavy atom. The summed E-state index contributed by atoms with van der Waals surface area (Å²) in [5.74, 6) is 2.02. The normalized spacial score (nSPS) is 25.6. The van der Waals surface area contributed by atoms with E-state index in [0.717, 1.165) is 19.5 Å². The third-order valence-electron chi connectivity index (χ3n) is 5.79. The Kier molecular flexibility index (Phi) is 4.29. The largest absolute Gasteiger partial charge is 0.463 e. The standard InChI is InChI=1S/C20H25ClN2O3/c1-20(2,25)10-23-8-14-11(15(14)9-23)3-4-17(24)13-7-16(21)18(22)12-5-6-26-19(12)13/h5-7,11,14-15,25H,3-4,8-10,22H2,1-2H3. The number of hydrogen-bond donors (Lipinski definition) is 2. The molecule has 26 heavy (non-hydrogen) atoms. The lowest BCUT2D eigenvalue weighted by atomic mass is 10.0. The molecule has 1 saturated heterocycles. The van der Waals surface area contributed by atoms with Crippen molar-refractivity contribution in [2.45, 2.75) is 32.3 Å². The van der Waals surface area contributed by atoms with E-state index in [-0.39, 0.29) is 5.78 Å². The highest BCUT2D eigenvalue weighted by Gasteiger charge is 2.55. The van der Waals surface area contributed by atoms with Crippen LogP contribution in [0, 0.1) is 17.8 Å². The zero-order valence-electron chi connectivity index (χ0n) is 15.2. The summed E-state index contributed by atoms with van der Waals surface area (Å²) in [4.78, 5) is 15.1. The van der Waals surface area contributed by atoms with Gasteiger partial charge in [0.25, 0.3) is 0 Å². The lowest BCUT2D eigenvalue weighted by Gasteiger charge is -2.27. The van der Waals surface area contributed by atoms with Gasteiger partial charge in [-0.25, -0.2) is 0 Å². The van der Waals surface area contributed by atoms with Crippen molar-refractivity contribution in [1.29, 1.82) is 0 Å². The van der Waals surface area contributed by atoms with Gasteiger partial charge in [0.05, 0.1) is 28.1 Å². The molecule has 2 fully saturated rings. The predicted molar refractivity (Wildman–Crippen MR) is 102 cm³/mol. The van der Waals surface area contributed by atoms with Crippen LogP contribution in [0.25, 0.3) is 11.0 Å². The van der Waals surface area contributed by atoms with Gasteiger partial charge in [0.1, 0.15) is 5.58 Å². The van der Waals surface area contributed by atoms with Crippen LogP contribution in [0.5, 0.6) is 0 Å². The first-order chi connectivity index (χ1) is 12.2. The van der Waals surface area contributed by atoms with E-state index in [1.807, 2.05) is 13.8 Å². The van der Waals surface area contributed by atoms with Gasteiger partial charge in [-0.05, 0) is 50.2 Å². The molecule has 1 aromatic heterocycles. The van der Waals surface area contributed by atoms with Crippen LogP contribution >= 0.6 is 11.6 Å². The molecule has 1 saturated carbocycles. The van der Waals surface area contributed by atoms with Gasteiger partial charge in [0.15, 0.2) is 5.78 Å². The van der Waals surface area contributed by atoms with Crippen LogP contribution in [-0.2, 0) is 0 Å². The van der Waals surface area contributed by atoms with Crippen molar-refractivity contribution in [3.05, 3.63) is 29.0 Å². The van der Waals surface area contributed by atoms with E-state index in [1.165, 1.54) is 6.26 Å². The van der Waals surface area contributed by atoms with Crippen molar-refractivity contribution >= 4 is 34.0 Å². The molecule has 2 aromatic rings. The van der Waals surface area contributed by atoms with E-state index in [1.54, 1.807) is 12.1 Å². The summed E-state index contributed by atoms with van der Waals surface area (Å²) in [7, 11) is 0. The molecule has 1 aromatic carbocycles. The number of likely N-dealkylation sites (tertiary alicyclic amines) is 1. The molecule has 3 N–H and O–H groups in total. The summed E-state index contributed by atoms with van der Waals surface area (Å²) in [6, 6.07) is 3.37. The molecule has 6 heteroatoms. The molecule has 2 aliphatic rings. The number of fused-ring (bicyclic) bond motifs is 2. The second kappa shape index (κ2) is 6.25. The summed E-state index contributed by atoms with van der Waals surface area (Å²) < 4.78 is 5.47. The maximum absolute atomic E-state index is 12.7. The number of anilines is 1. The first-order valence-electron chi connectivity index (χ1n) is 9.18. The average Bonchev–Trinajstić information content (AvgIpc) is 2.95. The number of halogens is 1. The Hall–Kier alpha value is -1.56. The molecule has 0 spiro atoms. The third-order valence-corrected chi connectivity index (χ3v) is 6.10. The van der Waals surface area contributed by atoms with Gasteiger partial charge in [-0.2, -0.15) is 0 Å². The summed E-state index contributed by atoms with van der Waals surface area (Å²) >= 11 is 6.17. The van der Waals surface area contributed by atoms with Gasteiger partial charge in [-0.1, -0.05) is 11.6 Å². The number of ketones is 1. The smallest absolute Gasteiger partial charge is 0.166 e. The number of nitrogens with zero attached hydrogens (tertiary/aromatic N) is 1. The van der Waals surface area contributed by atoms with Crippen molar-refractivity contribution in [3.63, 3.8) is 0 Å². The number of nitrogens with two attached hydrogens (primary N) is 1. The SMILES string of the molecule is CC(C)(O)CN1CC2C(CCC(=O)c3cc(Cl)c(N)c4ccoc34)C2C1. The number of nitrogen functional groups attached to an aromatic ring is 1. The molecule has 0 radical (unpaired) electrons. The van der Waals surface area contributed by atoms with E-state index in [9.17, 15) is 9.90 Å². The lowest BCUT2D eigenvalue weighted by Crippen LogP contribution is -2.38. The molecule has 2 unspecified atom stereocenters. The number of furan rings is 1. The molecular weight excluding hydrogens is 352 g/mol. The number of rotatable bonds is 6. The molecule has 2 atom stereocenters. The molecule has 0 amide bonds. The third kappa shape index (κ3) is 3.24. The van der Waals surface area contributed by atoms with Gasteiger partial charge in [-0.15, -0.1) is 0 Å². The average molecular weight is 377 g/mol. The molecule has 5 nitrogen and oxygen atoms in total. The Bertz CT molecular complexity index is 843. The fourth-order valence-electron chi connectivity index (χ4n) is 4.61. The zero-order valence-corrected chi connectivity index (χ0v) is 15.9. The highest BCUT2D eigenvalue weighted by molar-refractivity contribution is 6.35. The van der Waals surface area contributed by atoms with Crippen LogP contribution in [0.4, 0.5) is 5.69 Å². The molecule has 1 aliphatic carbocycles. The fraction of sp³-hybridized carbons (Fsp3) is 0.550. The van der Waals surface area contributed by atoms with Crippen LogP contribution < -0.4 is 5.73 Å². The summed E-state index contributed by atoms with van der Waals surface area (Å²) in [5, 5.41) is 11.0. The minimum absolute atomic E-state index is 0.0603. The predicted octanol–water partition coefficient (Wildman–Crippen LogP) is 3.58. The highest BCUT2D eigenvalue weighted by Crippen LogP contribution is 2.54. The number of Topliss-reactive ketones (excluding diaryl/α,β-unsaturated/α-hetero) is 1. The number of carbonyl (C=O) groups excluding carboxylic acids is 1. The fourth-order valence-corrected chi connectivity index (χ4v) is 4.82. The lowest BCUT2D eigenvalue weighted by molar-refractivity contribution is 0.0388. The highest BCUT2D eigenvalue weighted by atomic mass is 35.5. The van der Waals surface area contributed by atoms with E-state index < -0.39 is 5.60 Å². The minimum atomic E-state index is -0.648. The van der Waals surface area contributed by atoms with Gasteiger partial charge in [-0.3, -0.25) is 9.69 Å². The quantitative estimate of drug-likeness (QED) is 0.595. The van der Waals surface area contributed by atoms with E-state index in [0.29, 0.717) is 58.0 Å². The maximum atomic E-state index is 12.7. The van der Waals surface area contributed by atoms with Crippen molar-refractivity contribution in [3.8, 4) is 0 Å². The van der Waals surface area contributed by atoms with Crippen LogP contribution in [-0.4, -0.2) is 41.0 Å². The van der Waals surface area contributed by atoms with Crippen molar-refractivity contribution in [2.75, 3.05) is 25.4 Å². The summed E-state index contributed by atoms with van der Waals surface area (Å²) in [5.41, 5.74) is 6.82. The molecule has 140 valence electrons. The van der Waals surface area contributed by atoms with E-state index in [2.05, 4.69) is 4.90 Å². The topological polar surface area (TPSA) is 79.7 Å². The van der Waals surface area contributed by atoms with Crippen LogP contribution in [0.1, 0.15) is 37.0 Å². The maximum Gasteiger partial charge on any atom is 0.166 e. The molecular formula is C20H25ClN2O3. The van der Waals surface area contributed by atoms with Crippen molar-refractivity contribution in [1.82, 2.24) is 4.90 Å².